The minimum absolute atomic E-state index is 0.144. The Morgan fingerprint density at radius 1 is 1.30 bits per heavy atom. The van der Waals surface area contributed by atoms with Gasteiger partial charge in [0.1, 0.15) is 28.0 Å². The van der Waals surface area contributed by atoms with Crippen LogP contribution in [0.3, 0.4) is 0 Å². The Bertz CT molecular complexity index is 807. The molecule has 20 heavy (non-hydrogen) atoms. The van der Waals surface area contributed by atoms with Crippen molar-refractivity contribution in [3.63, 3.8) is 0 Å². The molecule has 1 aromatic carbocycles. The maximum Gasteiger partial charge on any atom is 0.291 e. The highest BCUT2D eigenvalue weighted by atomic mass is 32.1. The van der Waals surface area contributed by atoms with Crippen LogP contribution < -0.4 is 15.7 Å². The van der Waals surface area contributed by atoms with Gasteiger partial charge in [-0.2, -0.15) is 4.37 Å². The number of hydrogen-bond donors (Lipinski definition) is 1. The van der Waals surface area contributed by atoms with Crippen LogP contribution >= 0.6 is 11.5 Å². The maximum atomic E-state index is 12.1. The zero-order valence-electron chi connectivity index (χ0n) is 11.0. The van der Waals surface area contributed by atoms with E-state index < -0.39 is 0 Å². The van der Waals surface area contributed by atoms with Gasteiger partial charge in [-0.3, -0.25) is 4.79 Å². The van der Waals surface area contributed by atoms with E-state index in [-0.39, 0.29) is 5.56 Å². The molecule has 0 aliphatic carbocycles. The number of rotatable bonds is 3. The summed E-state index contributed by atoms with van der Waals surface area (Å²) in [6.07, 6.45) is 1.46. The number of hydrogen-bond acceptors (Lipinski definition) is 6. The van der Waals surface area contributed by atoms with Gasteiger partial charge in [-0.25, -0.2) is 9.66 Å². The minimum Gasteiger partial charge on any atom is -0.497 e. The Kier molecular flexibility index (Phi) is 3.11. The van der Waals surface area contributed by atoms with Crippen molar-refractivity contribution in [1.29, 1.82) is 0 Å². The molecule has 102 valence electrons. The van der Waals surface area contributed by atoms with Crippen LogP contribution in [0.2, 0.25) is 0 Å². The van der Waals surface area contributed by atoms with E-state index in [1.165, 1.54) is 11.0 Å². The predicted molar refractivity (Wildman–Crippen MR) is 78.9 cm³/mol. The predicted octanol–water partition coefficient (Wildman–Crippen LogP) is 1.70. The summed E-state index contributed by atoms with van der Waals surface area (Å²) in [6, 6.07) is 7.52. The number of nitrogens with one attached hydrogen (secondary N) is 1. The Hall–Kier alpha value is -2.41. The van der Waals surface area contributed by atoms with E-state index in [0.717, 1.165) is 22.8 Å². The molecule has 2 heterocycles. The summed E-state index contributed by atoms with van der Waals surface area (Å²) in [6.45, 7) is 0. The molecule has 0 saturated carbocycles. The second-order valence-corrected chi connectivity index (χ2v) is 4.85. The average Bonchev–Trinajstić information content (AvgIpc) is 2.92. The number of aromatic nitrogens is 3. The van der Waals surface area contributed by atoms with Crippen molar-refractivity contribution in [1.82, 2.24) is 14.0 Å². The summed E-state index contributed by atoms with van der Waals surface area (Å²) in [7, 11) is 3.29. The van der Waals surface area contributed by atoms with Crippen molar-refractivity contribution >= 4 is 21.7 Å². The van der Waals surface area contributed by atoms with Gasteiger partial charge >= 0.3 is 0 Å². The van der Waals surface area contributed by atoms with E-state index in [1.807, 2.05) is 24.3 Å². The first-order chi connectivity index (χ1) is 9.74. The molecule has 0 spiro atoms. The fraction of sp³-hybridized carbons (Fsp3) is 0.154. The fourth-order valence-corrected chi connectivity index (χ4v) is 2.71. The van der Waals surface area contributed by atoms with E-state index in [4.69, 9.17) is 4.74 Å². The van der Waals surface area contributed by atoms with Crippen LogP contribution in [0.4, 0.5) is 0 Å². The summed E-state index contributed by atoms with van der Waals surface area (Å²) >= 11 is 1.16. The molecule has 0 bridgehead atoms. The molecular weight excluding hydrogens is 276 g/mol. The SMILES string of the molecule is CNn1cnc2c(-c3ccc(OC)cc3)nsc2c1=O. The monoisotopic (exact) mass is 288 g/mol. The summed E-state index contributed by atoms with van der Waals surface area (Å²) in [5.74, 6) is 0.777. The van der Waals surface area contributed by atoms with Gasteiger partial charge in [0.15, 0.2) is 0 Å². The van der Waals surface area contributed by atoms with E-state index in [1.54, 1.807) is 14.2 Å². The quantitative estimate of drug-likeness (QED) is 0.794. The van der Waals surface area contributed by atoms with Gasteiger partial charge in [0.05, 0.1) is 7.11 Å². The van der Waals surface area contributed by atoms with E-state index in [0.29, 0.717) is 15.9 Å². The largest absolute Gasteiger partial charge is 0.497 e. The van der Waals surface area contributed by atoms with Crippen molar-refractivity contribution in [3.8, 4) is 17.0 Å². The first-order valence-electron chi connectivity index (χ1n) is 5.94. The molecule has 0 atom stereocenters. The fourth-order valence-electron chi connectivity index (χ4n) is 1.92. The third-order valence-electron chi connectivity index (χ3n) is 2.99. The van der Waals surface area contributed by atoms with Crippen LogP contribution in [0, 0.1) is 0 Å². The van der Waals surface area contributed by atoms with Crippen LogP contribution in [-0.2, 0) is 0 Å². The Balaban J connectivity index is 2.17. The van der Waals surface area contributed by atoms with Crippen LogP contribution in [0.5, 0.6) is 5.75 Å². The third kappa shape index (κ3) is 1.92. The Labute approximate surface area is 118 Å². The van der Waals surface area contributed by atoms with Gasteiger partial charge < -0.3 is 10.2 Å². The number of methoxy groups -OCH3 is 1. The normalized spacial score (nSPS) is 10.7. The van der Waals surface area contributed by atoms with Gasteiger partial charge in [-0.1, -0.05) is 0 Å². The summed E-state index contributed by atoms with van der Waals surface area (Å²) in [5.41, 5.74) is 4.86. The third-order valence-corrected chi connectivity index (χ3v) is 3.81. The molecule has 7 heteroatoms. The second kappa shape index (κ2) is 4.93. The molecule has 1 N–H and O–H groups in total. The molecule has 3 rings (SSSR count). The van der Waals surface area contributed by atoms with Crippen molar-refractivity contribution in [2.45, 2.75) is 0 Å². The number of nitrogens with zero attached hydrogens (tertiary/aromatic N) is 3. The summed E-state index contributed by atoms with van der Waals surface area (Å²) in [5, 5.41) is 0. The molecule has 0 fully saturated rings. The highest BCUT2D eigenvalue weighted by Gasteiger charge is 2.13. The van der Waals surface area contributed by atoms with Crippen LogP contribution in [-0.4, -0.2) is 28.2 Å². The molecule has 0 unspecified atom stereocenters. The van der Waals surface area contributed by atoms with Crippen LogP contribution in [0.25, 0.3) is 21.5 Å². The highest BCUT2D eigenvalue weighted by molar-refractivity contribution is 7.13. The average molecular weight is 288 g/mol. The zero-order valence-corrected chi connectivity index (χ0v) is 11.8. The first-order valence-corrected chi connectivity index (χ1v) is 6.71. The lowest BCUT2D eigenvalue weighted by molar-refractivity contribution is 0.415. The van der Waals surface area contributed by atoms with Crippen LogP contribution in [0.1, 0.15) is 0 Å². The van der Waals surface area contributed by atoms with Gasteiger partial charge in [-0.15, -0.1) is 0 Å². The topological polar surface area (TPSA) is 69.0 Å². The molecule has 6 nitrogen and oxygen atoms in total. The summed E-state index contributed by atoms with van der Waals surface area (Å²) < 4.78 is 11.3. The molecule has 0 aliphatic rings. The highest BCUT2D eigenvalue weighted by Crippen LogP contribution is 2.28. The Morgan fingerprint density at radius 2 is 2.05 bits per heavy atom. The van der Waals surface area contributed by atoms with Gasteiger partial charge in [-0.05, 0) is 35.8 Å². The molecule has 0 amide bonds. The molecule has 0 aliphatic heterocycles. The lowest BCUT2D eigenvalue weighted by Gasteiger charge is -2.03. The lowest BCUT2D eigenvalue weighted by atomic mass is 10.1. The molecule has 0 radical (unpaired) electrons. The van der Waals surface area contributed by atoms with E-state index in [9.17, 15) is 4.79 Å². The lowest BCUT2D eigenvalue weighted by Crippen LogP contribution is -2.25. The molecule has 2 aromatic heterocycles. The van der Waals surface area contributed by atoms with Crippen molar-refractivity contribution in [3.05, 3.63) is 40.9 Å². The van der Waals surface area contributed by atoms with Crippen molar-refractivity contribution in [2.75, 3.05) is 19.6 Å². The number of benzene rings is 1. The molecule has 3 aromatic rings. The molecule has 0 saturated heterocycles. The van der Waals surface area contributed by atoms with E-state index >= 15 is 0 Å². The number of fused-ring (bicyclic) bond motifs is 1. The van der Waals surface area contributed by atoms with Gasteiger partial charge in [0, 0.05) is 12.6 Å². The minimum atomic E-state index is -0.144. The number of ether oxygens (including phenoxy) is 1. The van der Waals surface area contributed by atoms with Crippen LogP contribution in [0.15, 0.2) is 35.4 Å². The standard InChI is InChI=1S/C13H12N4O2S/c1-14-17-7-15-11-10(16-20-12(11)13(17)18)8-3-5-9(19-2)6-4-8/h3-7,14H,1-2H3. The van der Waals surface area contributed by atoms with Crippen molar-refractivity contribution < 1.29 is 4.74 Å². The smallest absolute Gasteiger partial charge is 0.291 e. The Morgan fingerprint density at radius 3 is 2.70 bits per heavy atom. The first kappa shape index (κ1) is 12.6. The van der Waals surface area contributed by atoms with Gasteiger partial charge in [0.2, 0.25) is 0 Å². The molecular formula is C13H12N4O2S. The van der Waals surface area contributed by atoms with Gasteiger partial charge in [0.25, 0.3) is 5.56 Å². The maximum absolute atomic E-state index is 12.1. The second-order valence-electron chi connectivity index (χ2n) is 4.08. The summed E-state index contributed by atoms with van der Waals surface area (Å²) in [4.78, 5) is 16.4. The van der Waals surface area contributed by atoms with E-state index in [2.05, 4.69) is 14.8 Å². The van der Waals surface area contributed by atoms with Crippen molar-refractivity contribution in [2.24, 2.45) is 0 Å². The zero-order chi connectivity index (χ0) is 14.1.